The van der Waals surface area contributed by atoms with Gasteiger partial charge in [-0.15, -0.1) is 0 Å². The van der Waals surface area contributed by atoms with Crippen LogP contribution in [0, 0.1) is 0 Å². The van der Waals surface area contributed by atoms with Gasteiger partial charge in [0.1, 0.15) is 5.60 Å². The van der Waals surface area contributed by atoms with Crippen molar-refractivity contribution < 1.29 is 4.74 Å². The standard InChI is InChI=1S/C14H19N3O/c1-3-14(10-15-2)13-11-6-4-5-7-12(11)16-17(13)8-9-18-14/h4-7,15H,3,8-10H2,1-2H3. The molecule has 4 heteroatoms. The quantitative estimate of drug-likeness (QED) is 0.897. The third-order valence-electron chi connectivity index (χ3n) is 3.79. The highest BCUT2D eigenvalue weighted by Gasteiger charge is 2.38. The number of hydrogen-bond acceptors (Lipinski definition) is 3. The van der Waals surface area contributed by atoms with Crippen LogP contribution < -0.4 is 5.32 Å². The molecule has 0 spiro atoms. The van der Waals surface area contributed by atoms with E-state index in [1.54, 1.807) is 0 Å². The number of nitrogens with zero attached hydrogens (tertiary/aromatic N) is 2. The number of fused-ring (bicyclic) bond motifs is 3. The number of hydrogen-bond donors (Lipinski definition) is 1. The monoisotopic (exact) mass is 245 g/mol. The molecule has 0 saturated carbocycles. The van der Waals surface area contributed by atoms with Gasteiger partial charge in [-0.3, -0.25) is 4.68 Å². The Morgan fingerprint density at radius 1 is 1.44 bits per heavy atom. The summed E-state index contributed by atoms with van der Waals surface area (Å²) in [5.41, 5.74) is 2.04. The normalized spacial score (nSPS) is 23.2. The molecule has 0 fully saturated rings. The van der Waals surface area contributed by atoms with E-state index in [4.69, 9.17) is 4.74 Å². The molecule has 2 heterocycles. The Kier molecular flexibility index (Phi) is 2.84. The summed E-state index contributed by atoms with van der Waals surface area (Å²) >= 11 is 0. The molecule has 0 amide bonds. The summed E-state index contributed by atoms with van der Waals surface area (Å²) in [6.45, 7) is 4.57. The van der Waals surface area contributed by atoms with Gasteiger partial charge in [0.15, 0.2) is 0 Å². The van der Waals surface area contributed by atoms with Crippen molar-refractivity contribution in [3.8, 4) is 0 Å². The molecule has 0 saturated heterocycles. The molecule has 1 aromatic heterocycles. The minimum Gasteiger partial charge on any atom is -0.365 e. The number of benzene rings is 1. The smallest absolute Gasteiger partial charge is 0.122 e. The first-order valence-electron chi connectivity index (χ1n) is 6.55. The van der Waals surface area contributed by atoms with Crippen molar-refractivity contribution in [2.45, 2.75) is 25.5 Å². The molecule has 3 rings (SSSR count). The predicted molar refractivity (Wildman–Crippen MR) is 71.6 cm³/mol. The molecule has 0 bridgehead atoms. The second-order valence-electron chi connectivity index (χ2n) is 4.82. The molecule has 1 aliphatic rings. The minimum absolute atomic E-state index is 0.247. The Morgan fingerprint density at radius 2 is 2.28 bits per heavy atom. The lowest BCUT2D eigenvalue weighted by molar-refractivity contribution is -0.0792. The summed E-state index contributed by atoms with van der Waals surface area (Å²) in [5.74, 6) is 0. The average molecular weight is 245 g/mol. The molecular formula is C14H19N3O. The van der Waals surface area contributed by atoms with Crippen molar-refractivity contribution in [2.75, 3.05) is 20.2 Å². The van der Waals surface area contributed by atoms with Gasteiger partial charge in [0.05, 0.1) is 24.4 Å². The van der Waals surface area contributed by atoms with Crippen molar-refractivity contribution in [2.24, 2.45) is 0 Å². The lowest BCUT2D eigenvalue weighted by Crippen LogP contribution is -2.44. The number of ether oxygens (including phenoxy) is 1. The summed E-state index contributed by atoms with van der Waals surface area (Å²) in [6.07, 6.45) is 0.948. The predicted octanol–water partition coefficient (Wildman–Crippen LogP) is 1.89. The van der Waals surface area contributed by atoms with Crippen LogP contribution in [0.1, 0.15) is 19.0 Å². The van der Waals surface area contributed by atoms with Crippen LogP contribution in [0.3, 0.4) is 0 Å². The Hall–Kier alpha value is -1.39. The third-order valence-corrected chi connectivity index (χ3v) is 3.79. The highest BCUT2D eigenvalue weighted by molar-refractivity contribution is 5.82. The van der Waals surface area contributed by atoms with E-state index >= 15 is 0 Å². The Balaban J connectivity index is 2.24. The van der Waals surface area contributed by atoms with Crippen LogP contribution in [0.15, 0.2) is 24.3 Å². The van der Waals surface area contributed by atoms with E-state index in [9.17, 15) is 0 Å². The zero-order valence-electron chi connectivity index (χ0n) is 10.9. The van der Waals surface area contributed by atoms with Crippen LogP contribution in [-0.4, -0.2) is 30.0 Å². The van der Waals surface area contributed by atoms with E-state index in [0.29, 0.717) is 0 Å². The fraction of sp³-hybridized carbons (Fsp3) is 0.500. The molecule has 1 aromatic carbocycles. The van der Waals surface area contributed by atoms with Crippen LogP contribution >= 0.6 is 0 Å². The molecule has 1 aliphatic heterocycles. The second-order valence-corrected chi connectivity index (χ2v) is 4.82. The first-order valence-corrected chi connectivity index (χ1v) is 6.55. The molecule has 0 aliphatic carbocycles. The van der Waals surface area contributed by atoms with Crippen molar-refractivity contribution in [1.82, 2.24) is 15.1 Å². The van der Waals surface area contributed by atoms with E-state index in [1.165, 1.54) is 11.1 Å². The lowest BCUT2D eigenvalue weighted by atomic mass is 9.92. The lowest BCUT2D eigenvalue weighted by Gasteiger charge is -2.37. The number of aromatic nitrogens is 2. The molecule has 0 radical (unpaired) electrons. The van der Waals surface area contributed by atoms with Crippen molar-refractivity contribution >= 4 is 10.9 Å². The summed E-state index contributed by atoms with van der Waals surface area (Å²) in [5, 5.41) is 9.16. The van der Waals surface area contributed by atoms with Crippen LogP contribution in [0.25, 0.3) is 10.9 Å². The molecule has 1 unspecified atom stereocenters. The largest absolute Gasteiger partial charge is 0.365 e. The maximum absolute atomic E-state index is 6.12. The highest BCUT2D eigenvalue weighted by atomic mass is 16.5. The van der Waals surface area contributed by atoms with Crippen molar-refractivity contribution in [3.63, 3.8) is 0 Å². The highest BCUT2D eigenvalue weighted by Crippen LogP contribution is 2.36. The summed E-state index contributed by atoms with van der Waals surface area (Å²) in [6, 6.07) is 8.32. The maximum Gasteiger partial charge on any atom is 0.122 e. The molecule has 1 N–H and O–H groups in total. The van der Waals surface area contributed by atoms with Crippen LogP contribution in [0.4, 0.5) is 0 Å². The van der Waals surface area contributed by atoms with Gasteiger partial charge in [0, 0.05) is 11.9 Å². The third kappa shape index (κ3) is 1.56. The van der Waals surface area contributed by atoms with Gasteiger partial charge in [0.2, 0.25) is 0 Å². The Morgan fingerprint density at radius 3 is 3.06 bits per heavy atom. The van der Waals surface area contributed by atoms with Gasteiger partial charge >= 0.3 is 0 Å². The number of nitrogens with one attached hydrogen (secondary N) is 1. The van der Waals surface area contributed by atoms with Crippen LogP contribution in [0.2, 0.25) is 0 Å². The Labute approximate surface area is 107 Å². The molecule has 18 heavy (non-hydrogen) atoms. The first kappa shape index (κ1) is 11.7. The molecular weight excluding hydrogens is 226 g/mol. The second kappa shape index (κ2) is 4.37. The van der Waals surface area contributed by atoms with Gasteiger partial charge in [-0.2, -0.15) is 5.10 Å². The zero-order valence-corrected chi connectivity index (χ0v) is 10.9. The van der Waals surface area contributed by atoms with Crippen molar-refractivity contribution in [3.05, 3.63) is 30.0 Å². The zero-order chi connectivity index (χ0) is 12.6. The molecule has 4 nitrogen and oxygen atoms in total. The van der Waals surface area contributed by atoms with E-state index < -0.39 is 0 Å². The van der Waals surface area contributed by atoms with Crippen LogP contribution in [0.5, 0.6) is 0 Å². The van der Waals surface area contributed by atoms with Gasteiger partial charge in [0.25, 0.3) is 0 Å². The topological polar surface area (TPSA) is 39.1 Å². The van der Waals surface area contributed by atoms with Gasteiger partial charge in [-0.25, -0.2) is 0 Å². The van der Waals surface area contributed by atoms with Crippen molar-refractivity contribution in [1.29, 1.82) is 0 Å². The first-order chi connectivity index (χ1) is 8.80. The van der Waals surface area contributed by atoms with Crippen LogP contribution in [-0.2, 0) is 16.9 Å². The van der Waals surface area contributed by atoms with Gasteiger partial charge in [-0.1, -0.05) is 25.1 Å². The van der Waals surface area contributed by atoms with Gasteiger partial charge in [-0.05, 0) is 19.5 Å². The van der Waals surface area contributed by atoms with E-state index in [2.05, 4.69) is 40.2 Å². The Bertz CT molecular complexity index is 563. The van der Waals surface area contributed by atoms with E-state index in [0.717, 1.165) is 31.6 Å². The van der Waals surface area contributed by atoms with Gasteiger partial charge < -0.3 is 10.1 Å². The molecule has 2 aromatic rings. The average Bonchev–Trinajstić information content (AvgIpc) is 2.78. The summed E-state index contributed by atoms with van der Waals surface area (Å²) in [7, 11) is 1.97. The van der Waals surface area contributed by atoms with E-state index in [1.807, 2.05) is 13.1 Å². The minimum atomic E-state index is -0.247. The summed E-state index contributed by atoms with van der Waals surface area (Å²) < 4.78 is 8.24. The molecule has 1 atom stereocenters. The summed E-state index contributed by atoms with van der Waals surface area (Å²) in [4.78, 5) is 0. The fourth-order valence-electron chi connectivity index (χ4n) is 2.93. The maximum atomic E-state index is 6.12. The SMILES string of the molecule is CCC1(CNC)OCCn2nc3ccccc3c21. The van der Waals surface area contributed by atoms with E-state index in [-0.39, 0.29) is 5.60 Å². The number of rotatable bonds is 3. The number of likely N-dealkylation sites (N-methyl/N-ethyl adjacent to an activating group) is 1. The fourth-order valence-corrected chi connectivity index (χ4v) is 2.93. The molecule has 96 valence electrons.